The molecule has 1 saturated heterocycles. The minimum atomic E-state index is -1.34. The summed E-state index contributed by atoms with van der Waals surface area (Å²) < 4.78 is 18.9. The Hall–Kier alpha value is -1.33. The van der Waals surface area contributed by atoms with Gasteiger partial charge >= 0.3 is 6.09 Å². The normalized spacial score (nSPS) is 21.5. The second-order valence-electron chi connectivity index (χ2n) is 4.49. The van der Waals surface area contributed by atoms with Crippen LogP contribution in [0.5, 0.6) is 0 Å². The first-order valence-corrected chi connectivity index (χ1v) is 6.02. The number of benzene rings is 1. The quantitative estimate of drug-likeness (QED) is 0.891. The summed E-state index contributed by atoms with van der Waals surface area (Å²) in [7, 11) is 0. The number of alkyl carbamates (subject to hydrolysis) is 1. The van der Waals surface area contributed by atoms with Crippen molar-refractivity contribution in [3.05, 3.63) is 35.9 Å². The van der Waals surface area contributed by atoms with Crippen molar-refractivity contribution < 1.29 is 13.9 Å². The van der Waals surface area contributed by atoms with Crippen LogP contribution < -0.4 is 10.6 Å². The Bertz CT molecular complexity index is 397. The highest BCUT2D eigenvalue weighted by atomic mass is 35.5. The van der Waals surface area contributed by atoms with E-state index in [2.05, 4.69) is 10.6 Å². The molecule has 1 aromatic rings. The summed E-state index contributed by atoms with van der Waals surface area (Å²) >= 11 is 0. The van der Waals surface area contributed by atoms with Crippen LogP contribution in [-0.4, -0.2) is 31.4 Å². The van der Waals surface area contributed by atoms with Crippen LogP contribution in [0.25, 0.3) is 0 Å². The zero-order valence-corrected chi connectivity index (χ0v) is 11.3. The molecule has 106 valence electrons. The first-order chi connectivity index (χ1) is 8.68. The number of hydrogen-bond donors (Lipinski definition) is 2. The van der Waals surface area contributed by atoms with Gasteiger partial charge in [0.25, 0.3) is 0 Å². The van der Waals surface area contributed by atoms with Gasteiger partial charge in [0.05, 0.1) is 6.54 Å². The number of amides is 1. The summed E-state index contributed by atoms with van der Waals surface area (Å²) in [5.74, 6) is 0. The molecule has 0 saturated carbocycles. The van der Waals surface area contributed by atoms with Crippen LogP contribution in [0.15, 0.2) is 30.3 Å². The Morgan fingerprint density at radius 2 is 2.16 bits per heavy atom. The number of hydrogen-bond acceptors (Lipinski definition) is 3. The summed E-state index contributed by atoms with van der Waals surface area (Å²) in [4.78, 5) is 11.4. The van der Waals surface area contributed by atoms with Crippen molar-refractivity contribution in [2.75, 3.05) is 19.6 Å². The fraction of sp³-hybridized carbons (Fsp3) is 0.462. The van der Waals surface area contributed by atoms with Crippen LogP contribution in [0.1, 0.15) is 12.0 Å². The summed E-state index contributed by atoms with van der Waals surface area (Å²) in [5.41, 5.74) is -0.434. The van der Waals surface area contributed by atoms with Gasteiger partial charge in [0, 0.05) is 6.54 Å². The van der Waals surface area contributed by atoms with E-state index in [0.29, 0.717) is 13.0 Å². The molecule has 1 aliphatic heterocycles. The van der Waals surface area contributed by atoms with Crippen LogP contribution in [0.4, 0.5) is 9.18 Å². The van der Waals surface area contributed by atoms with Crippen molar-refractivity contribution in [2.45, 2.75) is 18.7 Å². The van der Waals surface area contributed by atoms with Crippen molar-refractivity contribution in [1.82, 2.24) is 10.6 Å². The second kappa shape index (κ2) is 7.31. The maximum Gasteiger partial charge on any atom is 0.407 e. The topological polar surface area (TPSA) is 50.4 Å². The molecule has 2 rings (SSSR count). The summed E-state index contributed by atoms with van der Waals surface area (Å²) in [6.45, 7) is 1.13. The number of carbonyl (C=O) groups is 1. The number of carbonyl (C=O) groups excluding carboxylic acids is 1. The standard InChI is InChI=1S/C13H17FN2O2.ClH/c14-13(6-7-15-9-13)10-16-12(17)18-8-11-4-2-1-3-5-11;/h1-5,15H,6-10H2,(H,16,17);1H. The molecular weight excluding hydrogens is 271 g/mol. The van der Waals surface area contributed by atoms with Crippen LogP contribution in [0.3, 0.4) is 0 Å². The minimum absolute atomic E-state index is 0. The highest BCUT2D eigenvalue weighted by molar-refractivity contribution is 5.85. The number of ether oxygens (including phenoxy) is 1. The van der Waals surface area contributed by atoms with Gasteiger partial charge in [-0.1, -0.05) is 30.3 Å². The molecule has 2 N–H and O–H groups in total. The predicted molar refractivity (Wildman–Crippen MR) is 73.2 cm³/mol. The van der Waals surface area contributed by atoms with Crippen molar-refractivity contribution >= 4 is 18.5 Å². The number of nitrogens with one attached hydrogen (secondary N) is 2. The number of rotatable bonds is 4. The molecule has 1 unspecified atom stereocenters. The molecule has 0 aromatic heterocycles. The van der Waals surface area contributed by atoms with Gasteiger partial charge in [0.1, 0.15) is 12.3 Å². The first-order valence-electron chi connectivity index (χ1n) is 6.02. The SMILES string of the molecule is Cl.O=C(NCC1(F)CCNC1)OCc1ccccc1. The van der Waals surface area contributed by atoms with Crippen LogP contribution in [0, 0.1) is 0 Å². The van der Waals surface area contributed by atoms with Gasteiger partial charge in [0.2, 0.25) is 0 Å². The fourth-order valence-electron chi connectivity index (χ4n) is 1.87. The van der Waals surface area contributed by atoms with Crippen molar-refractivity contribution in [1.29, 1.82) is 0 Å². The van der Waals surface area contributed by atoms with E-state index in [4.69, 9.17) is 4.74 Å². The third-order valence-electron chi connectivity index (χ3n) is 2.95. The average Bonchev–Trinajstić information content (AvgIpc) is 2.83. The smallest absolute Gasteiger partial charge is 0.407 e. The lowest BCUT2D eigenvalue weighted by Crippen LogP contribution is -2.41. The van der Waals surface area contributed by atoms with E-state index >= 15 is 0 Å². The molecular formula is C13H18ClFN2O2. The van der Waals surface area contributed by atoms with Gasteiger partial charge in [-0.05, 0) is 18.5 Å². The van der Waals surface area contributed by atoms with E-state index in [1.54, 1.807) is 0 Å². The molecule has 6 heteroatoms. The zero-order valence-electron chi connectivity index (χ0n) is 10.5. The minimum Gasteiger partial charge on any atom is -0.445 e. The fourth-order valence-corrected chi connectivity index (χ4v) is 1.87. The lowest BCUT2D eigenvalue weighted by molar-refractivity contribution is 0.125. The lowest BCUT2D eigenvalue weighted by Gasteiger charge is -2.18. The monoisotopic (exact) mass is 288 g/mol. The molecule has 1 aromatic carbocycles. The molecule has 0 bridgehead atoms. The number of alkyl halides is 1. The van der Waals surface area contributed by atoms with E-state index in [1.165, 1.54) is 0 Å². The van der Waals surface area contributed by atoms with E-state index in [1.807, 2.05) is 30.3 Å². The average molecular weight is 289 g/mol. The first kappa shape index (κ1) is 15.7. The van der Waals surface area contributed by atoms with Gasteiger partial charge in [-0.15, -0.1) is 12.4 Å². The van der Waals surface area contributed by atoms with Crippen molar-refractivity contribution in [2.24, 2.45) is 0 Å². The molecule has 0 spiro atoms. The molecule has 0 aliphatic carbocycles. The molecule has 1 amide bonds. The Balaban J connectivity index is 0.00000180. The van der Waals surface area contributed by atoms with Gasteiger partial charge < -0.3 is 15.4 Å². The summed E-state index contributed by atoms with van der Waals surface area (Å²) in [5, 5.41) is 5.39. The molecule has 1 atom stereocenters. The third kappa shape index (κ3) is 5.04. The highest BCUT2D eigenvalue weighted by Crippen LogP contribution is 2.18. The zero-order chi connectivity index (χ0) is 12.8. The van der Waals surface area contributed by atoms with Crippen LogP contribution in [0.2, 0.25) is 0 Å². The summed E-state index contributed by atoms with van der Waals surface area (Å²) in [6.07, 6.45) is -0.158. The van der Waals surface area contributed by atoms with Gasteiger partial charge in [-0.3, -0.25) is 0 Å². The highest BCUT2D eigenvalue weighted by Gasteiger charge is 2.33. The molecule has 1 aliphatic rings. The van der Waals surface area contributed by atoms with Gasteiger partial charge in [-0.2, -0.15) is 0 Å². The second-order valence-corrected chi connectivity index (χ2v) is 4.49. The van der Waals surface area contributed by atoms with Crippen molar-refractivity contribution in [3.63, 3.8) is 0 Å². The molecule has 1 fully saturated rings. The Morgan fingerprint density at radius 3 is 2.79 bits per heavy atom. The third-order valence-corrected chi connectivity index (χ3v) is 2.95. The predicted octanol–water partition coefficient (Wildman–Crippen LogP) is 2.04. The molecule has 1 heterocycles. The molecule has 19 heavy (non-hydrogen) atoms. The van der Waals surface area contributed by atoms with Crippen LogP contribution in [-0.2, 0) is 11.3 Å². The van der Waals surface area contributed by atoms with E-state index in [0.717, 1.165) is 5.56 Å². The summed E-state index contributed by atoms with van der Waals surface area (Å²) in [6, 6.07) is 9.37. The van der Waals surface area contributed by atoms with Gasteiger partial charge in [0.15, 0.2) is 0 Å². The lowest BCUT2D eigenvalue weighted by atomic mass is 10.1. The Kier molecular flexibility index (Phi) is 6.05. The Morgan fingerprint density at radius 1 is 1.42 bits per heavy atom. The van der Waals surface area contributed by atoms with Gasteiger partial charge in [-0.25, -0.2) is 9.18 Å². The Labute approximate surface area is 118 Å². The maximum atomic E-state index is 13.9. The van der Waals surface area contributed by atoms with Crippen LogP contribution >= 0.6 is 12.4 Å². The maximum absolute atomic E-state index is 13.9. The van der Waals surface area contributed by atoms with E-state index in [9.17, 15) is 9.18 Å². The van der Waals surface area contributed by atoms with E-state index in [-0.39, 0.29) is 32.1 Å². The number of halogens is 2. The van der Waals surface area contributed by atoms with Crippen molar-refractivity contribution in [3.8, 4) is 0 Å². The van der Waals surface area contributed by atoms with E-state index < -0.39 is 11.8 Å². The molecule has 4 nitrogen and oxygen atoms in total. The largest absolute Gasteiger partial charge is 0.445 e. The molecule has 0 radical (unpaired) electrons.